The average molecular weight is 214 g/mol. The molecule has 2 nitrogen and oxygen atoms in total. The summed E-state index contributed by atoms with van der Waals surface area (Å²) in [6.45, 7) is 1.29. The highest BCUT2D eigenvalue weighted by Gasteiger charge is 2.13. The van der Waals surface area contributed by atoms with Crippen LogP contribution >= 0.6 is 0 Å². The van der Waals surface area contributed by atoms with Crippen molar-refractivity contribution in [3.8, 4) is 12.3 Å². The smallest absolute Gasteiger partial charge is 0.162 e. The molecule has 0 saturated heterocycles. The lowest BCUT2D eigenvalue weighted by molar-refractivity contribution is 0.0980. The summed E-state index contributed by atoms with van der Waals surface area (Å²) >= 11 is 0. The van der Waals surface area contributed by atoms with Crippen molar-refractivity contribution in [2.45, 2.75) is 32.5 Å². The maximum absolute atomic E-state index is 11.8. The maximum atomic E-state index is 11.8. The molecule has 0 aliphatic carbocycles. The molecule has 1 aliphatic rings. The Morgan fingerprint density at radius 2 is 2.19 bits per heavy atom. The van der Waals surface area contributed by atoms with Gasteiger partial charge < -0.3 is 4.74 Å². The van der Waals surface area contributed by atoms with Crippen molar-refractivity contribution < 1.29 is 9.53 Å². The highest BCUT2D eigenvalue weighted by molar-refractivity contribution is 5.96. The van der Waals surface area contributed by atoms with Gasteiger partial charge in [-0.05, 0) is 23.6 Å². The van der Waals surface area contributed by atoms with Crippen LogP contribution < -0.4 is 0 Å². The van der Waals surface area contributed by atoms with Crippen molar-refractivity contribution in [2.24, 2.45) is 0 Å². The van der Waals surface area contributed by atoms with Gasteiger partial charge in [0.2, 0.25) is 0 Å². The van der Waals surface area contributed by atoms with E-state index in [0.717, 1.165) is 17.5 Å². The third kappa shape index (κ3) is 2.32. The topological polar surface area (TPSA) is 26.3 Å². The van der Waals surface area contributed by atoms with E-state index in [0.29, 0.717) is 26.1 Å². The molecule has 0 spiro atoms. The SMILES string of the molecule is C#CCCCC(=O)c1ccc2c(c1)COC2. The quantitative estimate of drug-likeness (QED) is 0.437. The van der Waals surface area contributed by atoms with E-state index in [1.807, 2.05) is 18.2 Å². The monoisotopic (exact) mass is 214 g/mol. The molecule has 0 atom stereocenters. The summed E-state index contributed by atoms with van der Waals surface area (Å²) < 4.78 is 5.31. The van der Waals surface area contributed by atoms with Crippen molar-refractivity contribution in [1.29, 1.82) is 0 Å². The molecule has 2 rings (SSSR count). The van der Waals surface area contributed by atoms with E-state index in [4.69, 9.17) is 11.2 Å². The number of ether oxygens (including phenoxy) is 1. The van der Waals surface area contributed by atoms with Crippen LogP contribution in [0.3, 0.4) is 0 Å². The molecule has 0 amide bonds. The Bertz CT molecular complexity index is 441. The number of carbonyl (C=O) groups excluding carboxylic acids is 1. The normalized spacial score (nSPS) is 13.2. The van der Waals surface area contributed by atoms with Crippen LogP contribution in [-0.4, -0.2) is 5.78 Å². The number of carbonyl (C=O) groups is 1. The molecule has 0 fully saturated rings. The van der Waals surface area contributed by atoms with Gasteiger partial charge in [0.05, 0.1) is 13.2 Å². The van der Waals surface area contributed by atoms with E-state index in [2.05, 4.69) is 5.92 Å². The van der Waals surface area contributed by atoms with Gasteiger partial charge in [0.1, 0.15) is 0 Å². The largest absolute Gasteiger partial charge is 0.372 e. The summed E-state index contributed by atoms with van der Waals surface area (Å²) in [7, 11) is 0. The molecule has 1 aromatic rings. The van der Waals surface area contributed by atoms with Gasteiger partial charge in [-0.15, -0.1) is 12.3 Å². The second-order valence-electron chi connectivity index (χ2n) is 3.96. The number of rotatable bonds is 4. The number of hydrogen-bond acceptors (Lipinski definition) is 2. The number of hydrogen-bond donors (Lipinski definition) is 0. The third-order valence-electron chi connectivity index (χ3n) is 2.77. The summed E-state index contributed by atoms with van der Waals surface area (Å²) in [6.07, 6.45) is 7.11. The molecule has 1 heterocycles. The zero-order valence-electron chi connectivity index (χ0n) is 9.16. The Morgan fingerprint density at radius 1 is 1.38 bits per heavy atom. The van der Waals surface area contributed by atoms with Crippen LogP contribution in [0.25, 0.3) is 0 Å². The van der Waals surface area contributed by atoms with Crippen LogP contribution in [0, 0.1) is 12.3 Å². The second-order valence-corrected chi connectivity index (χ2v) is 3.96. The van der Waals surface area contributed by atoms with Crippen LogP contribution in [0.2, 0.25) is 0 Å². The summed E-state index contributed by atoms with van der Waals surface area (Å²) in [4.78, 5) is 11.8. The van der Waals surface area contributed by atoms with Crippen molar-refractivity contribution in [1.82, 2.24) is 0 Å². The van der Waals surface area contributed by atoms with E-state index >= 15 is 0 Å². The van der Waals surface area contributed by atoms with Crippen molar-refractivity contribution in [2.75, 3.05) is 0 Å². The van der Waals surface area contributed by atoms with E-state index in [-0.39, 0.29) is 5.78 Å². The van der Waals surface area contributed by atoms with Crippen molar-refractivity contribution in [3.63, 3.8) is 0 Å². The van der Waals surface area contributed by atoms with Crippen molar-refractivity contribution in [3.05, 3.63) is 34.9 Å². The van der Waals surface area contributed by atoms with Crippen LogP contribution in [0.5, 0.6) is 0 Å². The fourth-order valence-corrected chi connectivity index (χ4v) is 1.84. The predicted octanol–water partition coefficient (Wildman–Crippen LogP) is 2.70. The number of benzene rings is 1. The number of unbranched alkanes of at least 4 members (excludes halogenated alkanes) is 1. The van der Waals surface area contributed by atoms with Crippen LogP contribution in [-0.2, 0) is 18.0 Å². The fourth-order valence-electron chi connectivity index (χ4n) is 1.84. The van der Waals surface area contributed by atoms with Crippen LogP contribution in [0.15, 0.2) is 18.2 Å². The molecule has 82 valence electrons. The van der Waals surface area contributed by atoms with Gasteiger partial charge in [-0.1, -0.05) is 12.1 Å². The third-order valence-corrected chi connectivity index (χ3v) is 2.77. The minimum Gasteiger partial charge on any atom is -0.372 e. The first-order valence-electron chi connectivity index (χ1n) is 5.47. The molecule has 1 aromatic carbocycles. The highest BCUT2D eigenvalue weighted by atomic mass is 16.5. The van der Waals surface area contributed by atoms with Crippen LogP contribution in [0.4, 0.5) is 0 Å². The van der Waals surface area contributed by atoms with Gasteiger partial charge in [0, 0.05) is 18.4 Å². The summed E-state index contributed by atoms with van der Waals surface area (Å²) in [5.41, 5.74) is 3.12. The van der Waals surface area contributed by atoms with Crippen molar-refractivity contribution >= 4 is 5.78 Å². The summed E-state index contributed by atoms with van der Waals surface area (Å²) in [6, 6.07) is 5.81. The molecule has 2 heteroatoms. The fraction of sp³-hybridized carbons (Fsp3) is 0.357. The number of ketones is 1. The lowest BCUT2D eigenvalue weighted by Crippen LogP contribution is -2.00. The lowest BCUT2D eigenvalue weighted by Gasteiger charge is -2.02. The minimum atomic E-state index is 0.171. The predicted molar refractivity (Wildman–Crippen MR) is 61.9 cm³/mol. The van der Waals surface area contributed by atoms with Gasteiger partial charge >= 0.3 is 0 Å². The second kappa shape index (κ2) is 4.96. The minimum absolute atomic E-state index is 0.171. The first-order valence-corrected chi connectivity index (χ1v) is 5.47. The van der Waals surface area contributed by atoms with E-state index < -0.39 is 0 Å². The maximum Gasteiger partial charge on any atom is 0.162 e. The first kappa shape index (κ1) is 10.9. The van der Waals surface area contributed by atoms with Gasteiger partial charge in [-0.25, -0.2) is 0 Å². The molecular weight excluding hydrogens is 200 g/mol. The molecule has 0 aromatic heterocycles. The zero-order valence-corrected chi connectivity index (χ0v) is 9.16. The van der Waals surface area contributed by atoms with Crippen LogP contribution in [0.1, 0.15) is 40.7 Å². The Morgan fingerprint density at radius 3 is 3.00 bits per heavy atom. The van der Waals surface area contributed by atoms with Gasteiger partial charge in [0.25, 0.3) is 0 Å². The first-order chi connectivity index (χ1) is 7.81. The van der Waals surface area contributed by atoms with E-state index in [9.17, 15) is 4.79 Å². The van der Waals surface area contributed by atoms with Gasteiger partial charge in [0.15, 0.2) is 5.78 Å². The van der Waals surface area contributed by atoms with E-state index in [1.165, 1.54) is 5.56 Å². The molecule has 16 heavy (non-hydrogen) atoms. The average Bonchev–Trinajstić information content (AvgIpc) is 2.76. The Hall–Kier alpha value is -1.59. The molecular formula is C14H14O2. The molecule has 1 aliphatic heterocycles. The molecule has 0 N–H and O–H groups in total. The summed E-state index contributed by atoms with van der Waals surface area (Å²) in [5.74, 6) is 2.72. The number of fused-ring (bicyclic) bond motifs is 1. The zero-order chi connectivity index (χ0) is 11.4. The lowest BCUT2D eigenvalue weighted by atomic mass is 10.0. The molecule has 0 radical (unpaired) electrons. The highest BCUT2D eigenvalue weighted by Crippen LogP contribution is 2.21. The van der Waals surface area contributed by atoms with Gasteiger partial charge in [-0.2, -0.15) is 0 Å². The molecule has 0 bridgehead atoms. The molecule has 0 unspecified atom stereocenters. The number of Topliss-reactive ketones (excluding diaryl/α,β-unsaturated/α-hetero) is 1. The Labute approximate surface area is 95.6 Å². The Balaban J connectivity index is 2.04. The van der Waals surface area contributed by atoms with E-state index in [1.54, 1.807) is 0 Å². The Kier molecular flexibility index (Phi) is 3.38. The number of terminal acetylenes is 1. The molecule has 0 saturated carbocycles. The van der Waals surface area contributed by atoms with Gasteiger partial charge in [-0.3, -0.25) is 4.79 Å². The standard InChI is InChI=1S/C14H14O2/c1-2-3-4-5-14(15)11-6-7-12-9-16-10-13(12)8-11/h1,6-8H,3-5,9-10H2. The summed E-state index contributed by atoms with van der Waals surface area (Å²) in [5, 5.41) is 0.